The van der Waals surface area contributed by atoms with E-state index >= 15 is 0 Å². The molecule has 0 fully saturated rings. The molecule has 6 nitrogen and oxygen atoms in total. The molecular weight excluding hydrogens is 499 g/mol. The number of rotatable bonds is 9. The van der Waals surface area contributed by atoms with E-state index in [1.165, 1.54) is 18.2 Å². The molecule has 0 saturated carbocycles. The fourth-order valence-corrected chi connectivity index (χ4v) is 3.24. The topological polar surface area (TPSA) is 82.6 Å². The number of aliphatic imine (C=N–C) groups is 1. The highest BCUT2D eigenvalue weighted by atomic mass is 127. The van der Waals surface area contributed by atoms with E-state index in [9.17, 15) is 8.42 Å². The Morgan fingerprint density at radius 1 is 0.966 bits per heavy atom. The van der Waals surface area contributed by atoms with Crippen LogP contribution in [0.5, 0.6) is 0 Å². The molecule has 0 aliphatic carbocycles. The fraction of sp³-hybridized carbons (Fsp3) is 0.381. The maximum Gasteiger partial charge on any atom is 0.240 e. The third kappa shape index (κ3) is 8.71. The Hall–Kier alpha value is -1.65. The molecule has 0 unspecified atom stereocenters. The van der Waals surface area contributed by atoms with Crippen LogP contribution >= 0.6 is 24.0 Å². The van der Waals surface area contributed by atoms with Crippen molar-refractivity contribution in [1.29, 1.82) is 0 Å². The normalized spacial score (nSPS) is 11.6. The predicted molar refractivity (Wildman–Crippen MR) is 130 cm³/mol. The Kier molecular flexibility index (Phi) is 11.2. The van der Waals surface area contributed by atoms with Crippen LogP contribution in [-0.2, 0) is 23.1 Å². The molecule has 0 bridgehead atoms. The Balaban J connectivity index is 0.00000420. The van der Waals surface area contributed by atoms with Crippen molar-refractivity contribution in [2.45, 2.75) is 44.7 Å². The smallest absolute Gasteiger partial charge is 0.240 e. The number of sulfonamides is 1. The summed E-state index contributed by atoms with van der Waals surface area (Å²) < 4.78 is 25.9. The molecule has 0 saturated heterocycles. The third-order valence-electron chi connectivity index (χ3n) is 4.33. The van der Waals surface area contributed by atoms with Crippen LogP contribution in [0.4, 0.5) is 0 Å². The molecule has 2 aromatic carbocycles. The maximum atomic E-state index is 11.8. The third-order valence-corrected chi connectivity index (χ3v) is 5.76. The lowest BCUT2D eigenvalue weighted by Gasteiger charge is -2.13. The van der Waals surface area contributed by atoms with E-state index in [1.807, 2.05) is 0 Å². The first-order valence-corrected chi connectivity index (χ1v) is 11.0. The second kappa shape index (κ2) is 12.8. The van der Waals surface area contributed by atoms with Crippen molar-refractivity contribution in [3.05, 3.63) is 65.2 Å². The van der Waals surface area contributed by atoms with Crippen LogP contribution in [0.3, 0.4) is 0 Å². The summed E-state index contributed by atoms with van der Waals surface area (Å²) in [4.78, 5) is 4.89. The molecule has 160 valence electrons. The minimum Gasteiger partial charge on any atom is -0.356 e. The van der Waals surface area contributed by atoms with Crippen molar-refractivity contribution < 1.29 is 8.42 Å². The van der Waals surface area contributed by atoms with Crippen LogP contribution in [0.15, 0.2) is 58.4 Å². The van der Waals surface area contributed by atoms with Gasteiger partial charge in [-0.15, -0.1) is 24.0 Å². The number of benzene rings is 2. The van der Waals surface area contributed by atoms with Gasteiger partial charge in [0.05, 0.1) is 11.4 Å². The Morgan fingerprint density at radius 2 is 1.59 bits per heavy atom. The maximum absolute atomic E-state index is 11.8. The summed E-state index contributed by atoms with van der Waals surface area (Å²) in [6, 6.07) is 15.2. The molecule has 0 aliphatic rings. The van der Waals surface area contributed by atoms with Gasteiger partial charge in [0.2, 0.25) is 10.0 Å². The Morgan fingerprint density at radius 3 is 2.17 bits per heavy atom. The molecule has 29 heavy (non-hydrogen) atoms. The van der Waals surface area contributed by atoms with Crippen molar-refractivity contribution in [2.75, 3.05) is 13.6 Å². The van der Waals surface area contributed by atoms with E-state index in [1.54, 1.807) is 24.3 Å². The highest BCUT2D eigenvalue weighted by Crippen LogP contribution is 2.11. The summed E-state index contributed by atoms with van der Waals surface area (Å²) in [7, 11) is -2.01. The minimum absolute atomic E-state index is 0. The van der Waals surface area contributed by atoms with Gasteiger partial charge in [-0.25, -0.2) is 18.1 Å². The highest BCUT2D eigenvalue weighted by molar-refractivity contribution is 14.0. The van der Waals surface area contributed by atoms with Gasteiger partial charge in [0.1, 0.15) is 0 Å². The molecule has 0 radical (unpaired) electrons. The highest BCUT2D eigenvalue weighted by Gasteiger charge is 2.10. The van der Waals surface area contributed by atoms with Gasteiger partial charge in [-0.2, -0.15) is 0 Å². The lowest BCUT2D eigenvalue weighted by atomic mass is 10.1. The number of hydrogen-bond acceptors (Lipinski definition) is 3. The minimum atomic E-state index is -3.41. The molecule has 0 spiro atoms. The molecular formula is C21H31IN4O2S. The van der Waals surface area contributed by atoms with E-state index in [0.717, 1.165) is 30.9 Å². The second-order valence-corrected chi connectivity index (χ2v) is 8.52. The Bertz CT molecular complexity index is 867. The number of aryl methyl sites for hydroxylation is 1. The van der Waals surface area contributed by atoms with Crippen molar-refractivity contribution >= 4 is 40.0 Å². The fourth-order valence-electron chi connectivity index (χ4n) is 2.51. The van der Waals surface area contributed by atoms with E-state index in [2.05, 4.69) is 58.5 Å². The molecule has 2 aromatic rings. The lowest BCUT2D eigenvalue weighted by Crippen LogP contribution is -2.37. The predicted octanol–water partition coefficient (Wildman–Crippen LogP) is 3.56. The van der Waals surface area contributed by atoms with Crippen LogP contribution in [0, 0.1) is 6.92 Å². The zero-order valence-corrected chi connectivity index (χ0v) is 20.4. The van der Waals surface area contributed by atoms with E-state index < -0.39 is 10.0 Å². The van der Waals surface area contributed by atoms with Crippen molar-refractivity contribution in [3.63, 3.8) is 0 Å². The standard InChI is InChI=1S/C21H30N4O2S.HI/c1-4-5-14-23-21(24-15-18-8-6-17(2)7-9-18)25-16-19-10-12-20(13-11-19)28(26,27)22-3;/h6-13,22H,4-5,14-16H2,1-3H3,(H2,23,24,25);1H. The molecule has 0 atom stereocenters. The van der Waals surface area contributed by atoms with Gasteiger partial charge in [0, 0.05) is 13.1 Å². The molecule has 0 heterocycles. The van der Waals surface area contributed by atoms with Gasteiger partial charge in [-0.05, 0) is 43.7 Å². The first-order chi connectivity index (χ1) is 13.4. The second-order valence-electron chi connectivity index (χ2n) is 6.64. The molecule has 0 amide bonds. The quantitative estimate of drug-likeness (QED) is 0.201. The van der Waals surface area contributed by atoms with Crippen molar-refractivity contribution in [3.8, 4) is 0 Å². The van der Waals surface area contributed by atoms with E-state index in [0.29, 0.717) is 13.1 Å². The number of guanidine groups is 1. The summed E-state index contributed by atoms with van der Waals surface area (Å²) in [6.45, 7) is 6.24. The van der Waals surface area contributed by atoms with Gasteiger partial charge in [-0.3, -0.25) is 0 Å². The monoisotopic (exact) mass is 530 g/mol. The number of halogens is 1. The molecule has 0 aromatic heterocycles. The number of nitrogens with zero attached hydrogens (tertiary/aromatic N) is 1. The first-order valence-electron chi connectivity index (χ1n) is 9.55. The molecule has 2 rings (SSSR count). The zero-order chi connectivity index (χ0) is 20.4. The summed E-state index contributed by atoms with van der Waals surface area (Å²) in [5.74, 6) is 0.751. The lowest BCUT2D eigenvalue weighted by molar-refractivity contribution is 0.588. The van der Waals surface area contributed by atoms with Gasteiger partial charge in [0.15, 0.2) is 5.96 Å². The van der Waals surface area contributed by atoms with Crippen molar-refractivity contribution in [2.24, 2.45) is 4.99 Å². The summed E-state index contributed by atoms with van der Waals surface area (Å²) >= 11 is 0. The van der Waals surface area contributed by atoms with Gasteiger partial charge in [0.25, 0.3) is 0 Å². The SMILES string of the molecule is CCCCNC(=NCc1ccc(S(=O)(=O)NC)cc1)NCc1ccc(C)cc1.I. The van der Waals surface area contributed by atoms with Crippen LogP contribution in [-0.4, -0.2) is 28.0 Å². The number of nitrogens with one attached hydrogen (secondary N) is 3. The average Bonchev–Trinajstić information content (AvgIpc) is 2.71. The number of unbranched alkanes of at least 4 members (excludes halogenated alkanes) is 1. The van der Waals surface area contributed by atoms with Crippen LogP contribution in [0.25, 0.3) is 0 Å². The van der Waals surface area contributed by atoms with Crippen LogP contribution in [0.1, 0.15) is 36.5 Å². The zero-order valence-electron chi connectivity index (χ0n) is 17.2. The summed E-state index contributed by atoms with van der Waals surface area (Å²) in [6.07, 6.45) is 2.18. The van der Waals surface area contributed by atoms with Crippen molar-refractivity contribution in [1.82, 2.24) is 15.4 Å². The average molecular weight is 530 g/mol. The molecule has 3 N–H and O–H groups in total. The largest absolute Gasteiger partial charge is 0.356 e. The van der Waals surface area contributed by atoms with Gasteiger partial charge < -0.3 is 10.6 Å². The first kappa shape index (κ1) is 25.4. The van der Waals surface area contributed by atoms with Crippen LogP contribution in [0.2, 0.25) is 0 Å². The van der Waals surface area contributed by atoms with Gasteiger partial charge in [-0.1, -0.05) is 55.3 Å². The van der Waals surface area contributed by atoms with Crippen LogP contribution < -0.4 is 15.4 Å². The Labute approximate surface area is 191 Å². The van der Waals surface area contributed by atoms with E-state index in [-0.39, 0.29) is 28.9 Å². The van der Waals surface area contributed by atoms with Gasteiger partial charge >= 0.3 is 0 Å². The van der Waals surface area contributed by atoms with E-state index in [4.69, 9.17) is 0 Å². The molecule has 0 aliphatic heterocycles. The summed E-state index contributed by atoms with van der Waals surface area (Å²) in [5.41, 5.74) is 3.38. The number of hydrogen-bond donors (Lipinski definition) is 3. The summed E-state index contributed by atoms with van der Waals surface area (Å²) in [5, 5.41) is 6.71. The molecule has 8 heteroatoms.